The molecule has 1 N–H and O–H groups in total. The lowest BCUT2D eigenvalue weighted by atomic mass is 10.0. The second-order valence-electron chi connectivity index (χ2n) is 4.73. The van der Waals surface area contributed by atoms with E-state index >= 15 is 0 Å². The van der Waals surface area contributed by atoms with E-state index in [0.717, 1.165) is 16.7 Å². The molecule has 3 nitrogen and oxygen atoms in total. The monoisotopic (exact) mass is 235 g/mol. The maximum absolute atomic E-state index is 11.9. The molecule has 0 aliphatic rings. The molecule has 0 aliphatic heterocycles. The number of aliphatic hydroxyl groups is 1. The van der Waals surface area contributed by atoms with Gasteiger partial charge in [-0.2, -0.15) is 0 Å². The maximum atomic E-state index is 11.9. The highest BCUT2D eigenvalue weighted by Crippen LogP contribution is 2.12. The maximum Gasteiger partial charge on any atom is 0.226 e. The minimum atomic E-state index is -0.484. The van der Waals surface area contributed by atoms with Crippen molar-refractivity contribution in [1.82, 2.24) is 4.90 Å². The first-order valence-corrected chi connectivity index (χ1v) is 5.88. The highest BCUT2D eigenvalue weighted by molar-refractivity contribution is 5.79. The number of benzene rings is 1. The predicted molar refractivity (Wildman–Crippen MR) is 68.9 cm³/mol. The molecule has 1 unspecified atom stereocenters. The van der Waals surface area contributed by atoms with Gasteiger partial charge in [-0.1, -0.05) is 23.8 Å². The molecule has 0 heterocycles. The first kappa shape index (κ1) is 13.7. The van der Waals surface area contributed by atoms with E-state index in [-0.39, 0.29) is 5.91 Å². The molecule has 1 amide bonds. The van der Waals surface area contributed by atoms with Crippen LogP contribution < -0.4 is 0 Å². The van der Waals surface area contributed by atoms with Crippen LogP contribution in [-0.4, -0.2) is 35.6 Å². The van der Waals surface area contributed by atoms with Gasteiger partial charge in [0.1, 0.15) is 0 Å². The number of carbonyl (C=O) groups excluding carboxylic acids is 1. The highest BCUT2D eigenvalue weighted by atomic mass is 16.3. The molecule has 0 saturated carbocycles. The minimum absolute atomic E-state index is 0.0413. The summed E-state index contributed by atoms with van der Waals surface area (Å²) in [4.78, 5) is 13.5. The summed E-state index contributed by atoms with van der Waals surface area (Å²) in [6, 6.07) is 6.12. The van der Waals surface area contributed by atoms with Gasteiger partial charge in [-0.15, -0.1) is 0 Å². The second kappa shape index (κ2) is 5.82. The largest absolute Gasteiger partial charge is 0.392 e. The first-order chi connectivity index (χ1) is 7.90. The molecule has 0 aromatic heterocycles. The average Bonchev–Trinajstić information content (AvgIpc) is 2.22. The summed E-state index contributed by atoms with van der Waals surface area (Å²) in [6.45, 7) is 6.09. The van der Waals surface area contributed by atoms with Crippen LogP contribution in [0.4, 0.5) is 0 Å². The van der Waals surface area contributed by atoms with Crippen LogP contribution in [-0.2, 0) is 11.2 Å². The number of hydrogen-bond donors (Lipinski definition) is 1. The van der Waals surface area contributed by atoms with Crippen LogP contribution in [0.3, 0.4) is 0 Å². The number of nitrogens with zero attached hydrogens (tertiary/aromatic N) is 1. The summed E-state index contributed by atoms with van der Waals surface area (Å²) in [5, 5.41) is 9.24. The Morgan fingerprint density at radius 1 is 1.41 bits per heavy atom. The average molecular weight is 235 g/mol. The quantitative estimate of drug-likeness (QED) is 0.862. The van der Waals surface area contributed by atoms with Crippen LogP contribution in [0, 0.1) is 13.8 Å². The van der Waals surface area contributed by atoms with E-state index in [2.05, 4.69) is 0 Å². The third-order valence-corrected chi connectivity index (χ3v) is 2.81. The smallest absolute Gasteiger partial charge is 0.226 e. The molecule has 0 spiro atoms. The summed E-state index contributed by atoms with van der Waals surface area (Å²) >= 11 is 0. The van der Waals surface area contributed by atoms with Crippen LogP contribution in [0.25, 0.3) is 0 Å². The second-order valence-corrected chi connectivity index (χ2v) is 4.73. The number of likely N-dealkylation sites (N-methyl/N-ethyl adjacent to an activating group) is 1. The Morgan fingerprint density at radius 3 is 2.65 bits per heavy atom. The van der Waals surface area contributed by atoms with E-state index in [1.54, 1.807) is 18.9 Å². The lowest BCUT2D eigenvalue weighted by Gasteiger charge is -2.19. The zero-order valence-corrected chi connectivity index (χ0v) is 11.0. The molecular weight excluding hydrogens is 214 g/mol. The van der Waals surface area contributed by atoms with Crippen LogP contribution >= 0.6 is 0 Å². The first-order valence-electron chi connectivity index (χ1n) is 5.88. The fourth-order valence-electron chi connectivity index (χ4n) is 1.79. The Hall–Kier alpha value is -1.35. The van der Waals surface area contributed by atoms with Gasteiger partial charge in [0.25, 0.3) is 0 Å². The predicted octanol–water partition coefficient (Wildman–Crippen LogP) is 1.69. The Kier molecular flexibility index (Phi) is 4.70. The van der Waals surface area contributed by atoms with Crippen molar-refractivity contribution in [3.63, 3.8) is 0 Å². The molecule has 0 fully saturated rings. The zero-order chi connectivity index (χ0) is 13.0. The van der Waals surface area contributed by atoms with E-state index in [0.29, 0.717) is 13.0 Å². The van der Waals surface area contributed by atoms with Crippen molar-refractivity contribution in [2.45, 2.75) is 33.3 Å². The third kappa shape index (κ3) is 4.19. The number of aliphatic hydroxyl groups excluding tert-OH is 1. The summed E-state index contributed by atoms with van der Waals surface area (Å²) in [6.07, 6.45) is -0.0842. The molecule has 0 radical (unpaired) electrons. The third-order valence-electron chi connectivity index (χ3n) is 2.81. The molecule has 94 valence electrons. The standard InChI is InChI=1S/C14H21NO2/c1-10-5-6-11(2)13(7-10)8-14(17)15(4)9-12(3)16/h5-7,12,16H,8-9H2,1-4H3. The minimum Gasteiger partial charge on any atom is -0.392 e. The van der Waals surface area contributed by atoms with Gasteiger partial charge in [-0.3, -0.25) is 4.79 Å². The van der Waals surface area contributed by atoms with Crippen molar-refractivity contribution in [2.75, 3.05) is 13.6 Å². The molecular formula is C14H21NO2. The van der Waals surface area contributed by atoms with E-state index in [1.165, 1.54) is 0 Å². The van der Waals surface area contributed by atoms with Gasteiger partial charge in [-0.25, -0.2) is 0 Å². The lowest BCUT2D eigenvalue weighted by molar-refractivity contribution is -0.130. The van der Waals surface area contributed by atoms with Crippen LogP contribution in [0.15, 0.2) is 18.2 Å². The van der Waals surface area contributed by atoms with Gasteiger partial charge in [0.2, 0.25) is 5.91 Å². The number of aryl methyl sites for hydroxylation is 2. The molecule has 0 saturated heterocycles. The fraction of sp³-hybridized carbons (Fsp3) is 0.500. The molecule has 0 bridgehead atoms. The van der Waals surface area contributed by atoms with Crippen molar-refractivity contribution in [3.8, 4) is 0 Å². The van der Waals surface area contributed by atoms with E-state index in [4.69, 9.17) is 0 Å². The van der Waals surface area contributed by atoms with Crippen molar-refractivity contribution in [3.05, 3.63) is 34.9 Å². The Labute approximate surface area is 103 Å². The topological polar surface area (TPSA) is 40.5 Å². The van der Waals surface area contributed by atoms with Crippen LogP contribution in [0.2, 0.25) is 0 Å². The van der Waals surface area contributed by atoms with Gasteiger partial charge < -0.3 is 10.0 Å². The molecule has 3 heteroatoms. The van der Waals surface area contributed by atoms with Gasteiger partial charge in [0.05, 0.1) is 12.5 Å². The van der Waals surface area contributed by atoms with Gasteiger partial charge in [0.15, 0.2) is 0 Å². The molecule has 1 aromatic carbocycles. The molecule has 1 aromatic rings. The van der Waals surface area contributed by atoms with E-state index in [1.807, 2.05) is 32.0 Å². The summed E-state index contributed by atoms with van der Waals surface area (Å²) in [7, 11) is 1.72. The van der Waals surface area contributed by atoms with Crippen molar-refractivity contribution in [2.24, 2.45) is 0 Å². The highest BCUT2D eigenvalue weighted by Gasteiger charge is 2.12. The van der Waals surface area contributed by atoms with Crippen LogP contribution in [0.5, 0.6) is 0 Å². The van der Waals surface area contributed by atoms with Gasteiger partial charge in [-0.05, 0) is 31.9 Å². The van der Waals surface area contributed by atoms with E-state index < -0.39 is 6.10 Å². The normalized spacial score (nSPS) is 12.3. The van der Waals surface area contributed by atoms with Crippen LogP contribution in [0.1, 0.15) is 23.6 Å². The van der Waals surface area contributed by atoms with Gasteiger partial charge in [0, 0.05) is 13.6 Å². The Balaban J connectivity index is 2.70. The zero-order valence-electron chi connectivity index (χ0n) is 11.0. The lowest BCUT2D eigenvalue weighted by Crippen LogP contribution is -2.34. The Morgan fingerprint density at radius 2 is 2.06 bits per heavy atom. The number of amides is 1. The molecule has 17 heavy (non-hydrogen) atoms. The van der Waals surface area contributed by atoms with Crippen molar-refractivity contribution < 1.29 is 9.90 Å². The number of hydrogen-bond acceptors (Lipinski definition) is 2. The summed E-state index contributed by atoms with van der Waals surface area (Å²) < 4.78 is 0. The van der Waals surface area contributed by atoms with Gasteiger partial charge >= 0.3 is 0 Å². The molecule has 0 aliphatic carbocycles. The summed E-state index contributed by atoms with van der Waals surface area (Å²) in [5.41, 5.74) is 3.36. The van der Waals surface area contributed by atoms with Crippen molar-refractivity contribution in [1.29, 1.82) is 0 Å². The number of carbonyl (C=O) groups is 1. The summed E-state index contributed by atoms with van der Waals surface area (Å²) in [5.74, 6) is 0.0413. The Bertz CT molecular complexity index is 399. The fourth-order valence-corrected chi connectivity index (χ4v) is 1.79. The number of rotatable bonds is 4. The van der Waals surface area contributed by atoms with Crippen molar-refractivity contribution >= 4 is 5.91 Å². The molecule has 1 atom stereocenters. The van der Waals surface area contributed by atoms with E-state index in [9.17, 15) is 9.90 Å². The molecule has 1 rings (SSSR count). The SMILES string of the molecule is Cc1ccc(C)c(CC(=O)N(C)CC(C)O)c1.